The second-order valence-electron chi connectivity index (χ2n) is 4.17. The summed E-state index contributed by atoms with van der Waals surface area (Å²) in [6.45, 7) is -1.26. The predicted molar refractivity (Wildman–Crippen MR) is 58.3 cm³/mol. The van der Waals surface area contributed by atoms with Crippen molar-refractivity contribution >= 4 is 6.09 Å². The van der Waals surface area contributed by atoms with Gasteiger partial charge in [-0.25, -0.2) is 4.79 Å². The molecule has 6 heteroatoms. The van der Waals surface area contributed by atoms with Crippen molar-refractivity contribution in [1.82, 2.24) is 5.32 Å². The van der Waals surface area contributed by atoms with Gasteiger partial charge < -0.3 is 10.1 Å². The van der Waals surface area contributed by atoms with Crippen LogP contribution in [0.15, 0.2) is 24.3 Å². The fourth-order valence-electron chi connectivity index (χ4n) is 1.95. The van der Waals surface area contributed by atoms with Gasteiger partial charge in [-0.3, -0.25) is 0 Å². The van der Waals surface area contributed by atoms with Crippen LogP contribution in [0, 0.1) is 0 Å². The minimum absolute atomic E-state index is 0.166. The number of hydrogen-bond donors (Lipinski definition) is 1. The lowest BCUT2D eigenvalue weighted by atomic mass is 9.78. The number of alkyl halides is 3. The van der Waals surface area contributed by atoms with Crippen LogP contribution in [0.25, 0.3) is 0 Å². The highest BCUT2D eigenvalue weighted by Crippen LogP contribution is 2.33. The molecule has 0 fully saturated rings. The number of fused-ring (bicyclic) bond motifs is 1. The van der Waals surface area contributed by atoms with Crippen molar-refractivity contribution in [2.24, 2.45) is 0 Å². The summed E-state index contributed by atoms with van der Waals surface area (Å²) in [5.41, 5.74) is 2.35. The molecule has 0 heterocycles. The highest BCUT2D eigenvalue weighted by atomic mass is 19.4. The minimum atomic E-state index is -4.49. The van der Waals surface area contributed by atoms with Crippen molar-refractivity contribution in [3.63, 3.8) is 0 Å². The topological polar surface area (TPSA) is 38.3 Å². The Morgan fingerprint density at radius 1 is 1.39 bits per heavy atom. The van der Waals surface area contributed by atoms with E-state index >= 15 is 0 Å². The van der Waals surface area contributed by atoms with Crippen LogP contribution in [0.1, 0.15) is 17.0 Å². The van der Waals surface area contributed by atoms with E-state index in [-0.39, 0.29) is 5.92 Å². The third kappa shape index (κ3) is 3.15. The predicted octanol–water partition coefficient (Wildman–Crippen LogP) is 2.61. The van der Waals surface area contributed by atoms with Crippen LogP contribution in [0.3, 0.4) is 0 Å². The number of benzene rings is 1. The molecule has 1 aromatic rings. The van der Waals surface area contributed by atoms with E-state index < -0.39 is 18.9 Å². The van der Waals surface area contributed by atoms with Crippen molar-refractivity contribution in [1.29, 1.82) is 0 Å². The van der Waals surface area contributed by atoms with E-state index in [1.807, 2.05) is 24.3 Å². The Hall–Kier alpha value is -1.72. The molecule has 1 aliphatic carbocycles. The van der Waals surface area contributed by atoms with Gasteiger partial charge in [0.2, 0.25) is 0 Å². The Morgan fingerprint density at radius 3 is 2.78 bits per heavy atom. The molecule has 1 amide bonds. The molecule has 0 aliphatic heterocycles. The van der Waals surface area contributed by atoms with Gasteiger partial charge in [0.1, 0.15) is 0 Å². The standard InChI is InChI=1S/C12H12F3NO2/c13-12(14,15)7-18-11(17)16-6-9-5-8-3-1-2-4-10(8)9/h1-4,9H,5-7H2,(H,16,17). The molecule has 0 bridgehead atoms. The molecular weight excluding hydrogens is 247 g/mol. The molecule has 18 heavy (non-hydrogen) atoms. The van der Waals surface area contributed by atoms with Crippen LogP contribution in [0.4, 0.5) is 18.0 Å². The average Bonchev–Trinajstić information content (AvgIpc) is 2.27. The van der Waals surface area contributed by atoms with Crippen LogP contribution in [0.5, 0.6) is 0 Å². The fraction of sp³-hybridized carbons (Fsp3) is 0.417. The highest BCUT2D eigenvalue weighted by Gasteiger charge is 2.30. The highest BCUT2D eigenvalue weighted by molar-refractivity contribution is 5.67. The molecule has 0 spiro atoms. The number of nitrogens with one attached hydrogen (secondary N) is 1. The van der Waals surface area contributed by atoms with Gasteiger partial charge >= 0.3 is 12.3 Å². The molecule has 1 atom stereocenters. The maximum atomic E-state index is 11.8. The first-order chi connectivity index (χ1) is 8.46. The minimum Gasteiger partial charge on any atom is -0.440 e. The number of alkyl carbamates (subject to hydrolysis) is 1. The molecule has 0 radical (unpaired) electrons. The van der Waals surface area contributed by atoms with E-state index in [1.54, 1.807) is 0 Å². The molecule has 2 rings (SSSR count). The fourth-order valence-corrected chi connectivity index (χ4v) is 1.95. The van der Waals surface area contributed by atoms with E-state index in [2.05, 4.69) is 10.1 Å². The SMILES string of the molecule is O=C(NCC1Cc2ccccc21)OCC(F)(F)F. The lowest BCUT2D eigenvalue weighted by Gasteiger charge is -2.29. The van der Waals surface area contributed by atoms with E-state index in [4.69, 9.17) is 0 Å². The molecule has 1 unspecified atom stereocenters. The number of ether oxygens (including phenoxy) is 1. The Bertz CT molecular complexity index is 445. The van der Waals surface area contributed by atoms with Crippen molar-refractivity contribution in [2.75, 3.05) is 13.2 Å². The zero-order valence-electron chi connectivity index (χ0n) is 9.46. The average molecular weight is 259 g/mol. The van der Waals surface area contributed by atoms with Gasteiger partial charge in [0, 0.05) is 12.5 Å². The lowest BCUT2D eigenvalue weighted by Crippen LogP contribution is -2.35. The second-order valence-corrected chi connectivity index (χ2v) is 4.17. The number of halogens is 3. The molecule has 98 valence electrons. The zero-order valence-corrected chi connectivity index (χ0v) is 9.46. The Morgan fingerprint density at radius 2 is 2.11 bits per heavy atom. The normalized spacial score (nSPS) is 17.6. The third-order valence-electron chi connectivity index (χ3n) is 2.82. The van der Waals surface area contributed by atoms with E-state index in [0.29, 0.717) is 6.54 Å². The first-order valence-electron chi connectivity index (χ1n) is 5.51. The van der Waals surface area contributed by atoms with Gasteiger partial charge in [-0.2, -0.15) is 13.2 Å². The number of carbonyl (C=O) groups is 1. The summed E-state index contributed by atoms with van der Waals surface area (Å²) in [7, 11) is 0. The number of hydrogen-bond acceptors (Lipinski definition) is 2. The number of carbonyl (C=O) groups excluding carboxylic acids is 1. The molecule has 3 nitrogen and oxygen atoms in total. The van der Waals surface area contributed by atoms with Crippen molar-refractivity contribution in [3.05, 3.63) is 35.4 Å². The molecule has 1 aromatic carbocycles. The first-order valence-corrected chi connectivity index (χ1v) is 5.51. The maximum Gasteiger partial charge on any atom is 0.422 e. The Labute approximate surface area is 102 Å². The Balaban J connectivity index is 1.72. The molecule has 1 aliphatic rings. The summed E-state index contributed by atoms with van der Waals surface area (Å²) in [5.74, 6) is 0.166. The molecule has 1 N–H and O–H groups in total. The van der Waals surface area contributed by atoms with Gasteiger partial charge in [-0.05, 0) is 17.5 Å². The summed E-state index contributed by atoms with van der Waals surface area (Å²) in [4.78, 5) is 11.0. The smallest absolute Gasteiger partial charge is 0.422 e. The molecular formula is C12H12F3NO2. The monoisotopic (exact) mass is 259 g/mol. The van der Waals surface area contributed by atoms with Crippen LogP contribution in [-0.2, 0) is 11.2 Å². The van der Waals surface area contributed by atoms with E-state index in [0.717, 1.165) is 12.0 Å². The molecule has 0 saturated heterocycles. The summed E-state index contributed by atoms with van der Waals surface area (Å²) >= 11 is 0. The van der Waals surface area contributed by atoms with Crippen molar-refractivity contribution in [3.8, 4) is 0 Å². The summed E-state index contributed by atoms with van der Waals surface area (Å²) < 4.78 is 39.4. The quantitative estimate of drug-likeness (QED) is 0.906. The van der Waals surface area contributed by atoms with Crippen LogP contribution in [-0.4, -0.2) is 25.4 Å². The lowest BCUT2D eigenvalue weighted by molar-refractivity contribution is -0.160. The maximum absolute atomic E-state index is 11.8. The number of amides is 1. The van der Waals surface area contributed by atoms with Gasteiger partial charge in [-0.1, -0.05) is 24.3 Å². The summed E-state index contributed by atoms with van der Waals surface area (Å²) in [6, 6.07) is 7.77. The zero-order chi connectivity index (χ0) is 13.2. The van der Waals surface area contributed by atoms with Gasteiger partial charge in [0.25, 0.3) is 0 Å². The first kappa shape index (κ1) is 12.7. The van der Waals surface area contributed by atoms with Crippen LogP contribution < -0.4 is 5.32 Å². The van der Waals surface area contributed by atoms with E-state index in [9.17, 15) is 18.0 Å². The largest absolute Gasteiger partial charge is 0.440 e. The van der Waals surface area contributed by atoms with Crippen molar-refractivity contribution in [2.45, 2.75) is 18.5 Å². The number of rotatable bonds is 3. The van der Waals surface area contributed by atoms with Crippen molar-refractivity contribution < 1.29 is 22.7 Å². The van der Waals surface area contributed by atoms with Crippen LogP contribution >= 0.6 is 0 Å². The molecule has 0 saturated carbocycles. The van der Waals surface area contributed by atoms with Gasteiger partial charge in [0.05, 0.1) is 0 Å². The van der Waals surface area contributed by atoms with Crippen LogP contribution in [0.2, 0.25) is 0 Å². The van der Waals surface area contributed by atoms with Gasteiger partial charge in [0.15, 0.2) is 6.61 Å². The van der Waals surface area contributed by atoms with Gasteiger partial charge in [-0.15, -0.1) is 0 Å². The Kier molecular flexibility index (Phi) is 3.45. The third-order valence-corrected chi connectivity index (χ3v) is 2.82. The second kappa shape index (κ2) is 4.88. The van der Waals surface area contributed by atoms with E-state index in [1.165, 1.54) is 5.56 Å². The molecule has 0 aromatic heterocycles. The summed E-state index contributed by atoms with van der Waals surface area (Å²) in [6.07, 6.45) is -4.69. The summed E-state index contributed by atoms with van der Waals surface area (Å²) in [5, 5.41) is 2.34.